The maximum Gasteiger partial charge on any atom is 0.280 e. The van der Waals surface area contributed by atoms with Crippen LogP contribution in [-0.4, -0.2) is 25.3 Å². The van der Waals surface area contributed by atoms with Gasteiger partial charge < -0.3 is 0 Å². The molecule has 0 saturated heterocycles. The fraction of sp³-hybridized carbons (Fsp3) is 0.0500. The number of carbonyl (C=O) groups is 1. The molecule has 0 spiro atoms. The first-order valence-corrected chi connectivity index (χ1v) is 8.52. The number of hydrogen-bond donors (Lipinski definition) is 1. The number of rotatable bonds is 4. The Morgan fingerprint density at radius 1 is 0.929 bits per heavy atom. The summed E-state index contributed by atoms with van der Waals surface area (Å²) in [6.07, 6.45) is 1.24. The molecule has 1 amide bonds. The zero-order valence-electron chi connectivity index (χ0n) is 14.6. The standard InChI is InChI=1S/C20H15N5O3/c26-18(23-25-13-21-17-9-5-4-8-15(17)20(25)28)12-24-19(27)11-10-16(22-24)14-6-2-1-3-7-14/h1-11,13H,12H2,(H,23,26). The van der Waals surface area contributed by atoms with Crippen molar-refractivity contribution in [2.45, 2.75) is 6.54 Å². The number of aromatic nitrogens is 4. The molecule has 1 N–H and O–H groups in total. The number of fused-ring (bicyclic) bond motifs is 1. The fourth-order valence-electron chi connectivity index (χ4n) is 2.78. The van der Waals surface area contributed by atoms with E-state index in [1.807, 2.05) is 30.3 Å². The van der Waals surface area contributed by atoms with E-state index in [0.29, 0.717) is 16.6 Å². The van der Waals surface area contributed by atoms with Crippen LogP contribution in [0.25, 0.3) is 22.2 Å². The number of hydrogen-bond acceptors (Lipinski definition) is 5. The summed E-state index contributed by atoms with van der Waals surface area (Å²) in [6.45, 7) is -0.335. The number of carbonyl (C=O) groups excluding carboxylic acids is 1. The molecule has 28 heavy (non-hydrogen) atoms. The Hall–Kier alpha value is -4.07. The molecule has 0 unspecified atom stereocenters. The van der Waals surface area contributed by atoms with E-state index in [1.165, 1.54) is 12.4 Å². The van der Waals surface area contributed by atoms with Crippen LogP contribution in [-0.2, 0) is 11.3 Å². The highest BCUT2D eigenvalue weighted by atomic mass is 16.2. The number of nitrogens with one attached hydrogen (secondary N) is 1. The zero-order valence-corrected chi connectivity index (χ0v) is 14.6. The monoisotopic (exact) mass is 373 g/mol. The molecule has 2 aromatic carbocycles. The fourth-order valence-corrected chi connectivity index (χ4v) is 2.78. The van der Waals surface area contributed by atoms with Crippen LogP contribution in [0.4, 0.5) is 0 Å². The van der Waals surface area contributed by atoms with E-state index in [1.54, 1.807) is 30.3 Å². The minimum absolute atomic E-state index is 0.335. The van der Waals surface area contributed by atoms with Gasteiger partial charge >= 0.3 is 0 Å². The van der Waals surface area contributed by atoms with Crippen LogP contribution in [0.5, 0.6) is 0 Å². The average molecular weight is 373 g/mol. The molecule has 8 heteroatoms. The molecule has 0 aliphatic rings. The van der Waals surface area contributed by atoms with Crippen molar-refractivity contribution in [2.24, 2.45) is 0 Å². The van der Waals surface area contributed by atoms with Crippen LogP contribution >= 0.6 is 0 Å². The van der Waals surface area contributed by atoms with Crippen LogP contribution in [0, 0.1) is 0 Å². The molecular formula is C20H15N5O3. The third-order valence-corrected chi connectivity index (χ3v) is 4.14. The molecule has 0 atom stereocenters. The molecule has 2 aromatic heterocycles. The van der Waals surface area contributed by atoms with Crippen molar-refractivity contribution in [3.8, 4) is 11.3 Å². The second-order valence-electron chi connectivity index (χ2n) is 6.05. The molecular weight excluding hydrogens is 358 g/mol. The van der Waals surface area contributed by atoms with Crippen LogP contribution < -0.4 is 16.5 Å². The number of benzene rings is 2. The Kier molecular flexibility index (Phi) is 4.51. The van der Waals surface area contributed by atoms with Gasteiger partial charge in [0, 0.05) is 11.6 Å². The maximum absolute atomic E-state index is 12.4. The van der Waals surface area contributed by atoms with Gasteiger partial charge in [-0.3, -0.25) is 19.8 Å². The van der Waals surface area contributed by atoms with E-state index >= 15 is 0 Å². The number of nitrogens with zero attached hydrogens (tertiary/aromatic N) is 4. The van der Waals surface area contributed by atoms with Gasteiger partial charge in [-0.15, -0.1) is 0 Å². The SMILES string of the molecule is O=C(Cn1nc(-c2ccccc2)ccc1=O)Nn1cnc2ccccc2c1=O. The molecule has 4 rings (SSSR count). The van der Waals surface area contributed by atoms with Crippen molar-refractivity contribution in [1.29, 1.82) is 0 Å². The summed E-state index contributed by atoms with van der Waals surface area (Å²) in [6, 6.07) is 19.1. The van der Waals surface area contributed by atoms with E-state index in [-0.39, 0.29) is 6.54 Å². The normalized spacial score (nSPS) is 10.7. The quantitative estimate of drug-likeness (QED) is 0.583. The predicted molar refractivity (Wildman–Crippen MR) is 104 cm³/mol. The Morgan fingerprint density at radius 3 is 2.50 bits per heavy atom. The van der Waals surface area contributed by atoms with Crippen LogP contribution in [0.1, 0.15) is 0 Å². The Bertz CT molecular complexity index is 1280. The Balaban J connectivity index is 1.58. The third kappa shape index (κ3) is 3.43. The van der Waals surface area contributed by atoms with E-state index in [9.17, 15) is 14.4 Å². The summed E-state index contributed by atoms with van der Waals surface area (Å²) in [5.74, 6) is -0.570. The van der Waals surface area contributed by atoms with E-state index in [2.05, 4.69) is 15.5 Å². The molecule has 138 valence electrons. The van der Waals surface area contributed by atoms with Crippen molar-refractivity contribution in [3.63, 3.8) is 0 Å². The highest BCUT2D eigenvalue weighted by molar-refractivity contribution is 5.84. The minimum atomic E-state index is -0.570. The largest absolute Gasteiger partial charge is 0.280 e. The van der Waals surface area contributed by atoms with E-state index < -0.39 is 17.0 Å². The molecule has 8 nitrogen and oxygen atoms in total. The second kappa shape index (κ2) is 7.28. The first-order chi connectivity index (χ1) is 13.6. The summed E-state index contributed by atoms with van der Waals surface area (Å²) in [5.41, 5.74) is 3.54. The zero-order chi connectivity index (χ0) is 19.5. The molecule has 0 radical (unpaired) electrons. The van der Waals surface area contributed by atoms with Crippen molar-refractivity contribution < 1.29 is 4.79 Å². The molecule has 2 heterocycles. The van der Waals surface area contributed by atoms with Gasteiger partial charge in [-0.05, 0) is 18.2 Å². The number of para-hydroxylation sites is 1. The van der Waals surface area contributed by atoms with Gasteiger partial charge in [0.1, 0.15) is 12.9 Å². The van der Waals surface area contributed by atoms with Crippen LogP contribution in [0.15, 0.2) is 82.6 Å². The predicted octanol–water partition coefficient (Wildman–Crippen LogP) is 1.39. The van der Waals surface area contributed by atoms with Crippen molar-refractivity contribution in [3.05, 3.63) is 93.8 Å². The van der Waals surface area contributed by atoms with Gasteiger partial charge in [0.25, 0.3) is 17.0 Å². The lowest BCUT2D eigenvalue weighted by Crippen LogP contribution is -2.37. The van der Waals surface area contributed by atoms with E-state index in [4.69, 9.17) is 0 Å². The second-order valence-corrected chi connectivity index (χ2v) is 6.05. The van der Waals surface area contributed by atoms with Gasteiger partial charge in [0.2, 0.25) is 0 Å². The maximum atomic E-state index is 12.4. The van der Waals surface area contributed by atoms with E-state index in [0.717, 1.165) is 14.9 Å². The van der Waals surface area contributed by atoms with Crippen molar-refractivity contribution >= 4 is 16.8 Å². The molecule has 0 aliphatic carbocycles. The summed E-state index contributed by atoms with van der Waals surface area (Å²) < 4.78 is 2.05. The van der Waals surface area contributed by atoms with Gasteiger partial charge in [-0.1, -0.05) is 42.5 Å². The lowest BCUT2D eigenvalue weighted by molar-refractivity contribution is -0.117. The molecule has 0 aliphatic heterocycles. The van der Waals surface area contributed by atoms with Gasteiger partial charge in [0.05, 0.1) is 16.6 Å². The molecule has 0 fully saturated rings. The highest BCUT2D eigenvalue weighted by Crippen LogP contribution is 2.13. The van der Waals surface area contributed by atoms with Crippen LogP contribution in [0.2, 0.25) is 0 Å². The first kappa shape index (κ1) is 17.3. The average Bonchev–Trinajstić information content (AvgIpc) is 2.72. The van der Waals surface area contributed by atoms with Crippen molar-refractivity contribution in [2.75, 3.05) is 5.43 Å². The lowest BCUT2D eigenvalue weighted by atomic mass is 10.1. The topological polar surface area (TPSA) is 98.9 Å². The first-order valence-electron chi connectivity index (χ1n) is 8.52. The van der Waals surface area contributed by atoms with Gasteiger partial charge in [-0.2, -0.15) is 5.10 Å². The molecule has 0 bridgehead atoms. The summed E-state index contributed by atoms with van der Waals surface area (Å²) in [4.78, 5) is 41.0. The van der Waals surface area contributed by atoms with Gasteiger partial charge in [0.15, 0.2) is 0 Å². The van der Waals surface area contributed by atoms with Crippen molar-refractivity contribution in [1.82, 2.24) is 19.4 Å². The summed E-state index contributed by atoms with van der Waals surface area (Å²) >= 11 is 0. The smallest absolute Gasteiger partial charge is 0.271 e. The molecule has 0 saturated carbocycles. The third-order valence-electron chi connectivity index (χ3n) is 4.14. The lowest BCUT2D eigenvalue weighted by Gasteiger charge is -2.10. The Labute approximate surface area is 158 Å². The summed E-state index contributed by atoms with van der Waals surface area (Å²) in [5, 5.41) is 4.62. The summed E-state index contributed by atoms with van der Waals surface area (Å²) in [7, 11) is 0. The van der Waals surface area contributed by atoms with Crippen LogP contribution in [0.3, 0.4) is 0 Å². The Morgan fingerprint density at radius 2 is 1.68 bits per heavy atom. The number of amides is 1. The molecule has 4 aromatic rings. The highest BCUT2D eigenvalue weighted by Gasteiger charge is 2.10. The van der Waals surface area contributed by atoms with Gasteiger partial charge in [-0.25, -0.2) is 14.3 Å². The minimum Gasteiger partial charge on any atom is -0.271 e.